The minimum absolute atomic E-state index is 0.176. The fourth-order valence-corrected chi connectivity index (χ4v) is 1.97. The van der Waals surface area contributed by atoms with E-state index >= 15 is 0 Å². The van der Waals surface area contributed by atoms with Crippen LogP contribution in [-0.4, -0.2) is 33.2 Å². The second kappa shape index (κ2) is 6.93. The van der Waals surface area contributed by atoms with Gasteiger partial charge in [0.2, 0.25) is 10.0 Å². The van der Waals surface area contributed by atoms with Gasteiger partial charge >= 0.3 is 0 Å². The highest BCUT2D eigenvalue weighted by Crippen LogP contribution is 2.13. The highest BCUT2D eigenvalue weighted by Gasteiger charge is 2.17. The number of nitrogens with two attached hydrogens (primary N) is 1. The summed E-state index contributed by atoms with van der Waals surface area (Å²) in [7, 11) is -3.60. The highest BCUT2D eigenvalue weighted by atomic mass is 32.2. The van der Waals surface area contributed by atoms with Crippen LogP contribution in [-0.2, 0) is 21.2 Å². The van der Waals surface area contributed by atoms with Gasteiger partial charge in [-0.25, -0.2) is 8.42 Å². The van der Waals surface area contributed by atoms with Crippen molar-refractivity contribution in [2.75, 3.05) is 12.9 Å². The summed E-state index contributed by atoms with van der Waals surface area (Å²) in [6.07, 6.45) is 6.19. The molecule has 0 fully saturated rings. The molecule has 0 aliphatic heterocycles. The third kappa shape index (κ3) is 5.73. The van der Waals surface area contributed by atoms with Crippen molar-refractivity contribution in [2.45, 2.75) is 12.5 Å². The number of amides is 1. The van der Waals surface area contributed by atoms with Crippen LogP contribution < -0.4 is 15.2 Å². The van der Waals surface area contributed by atoms with Crippen molar-refractivity contribution in [3.05, 3.63) is 29.8 Å². The lowest BCUT2D eigenvalue weighted by atomic mass is 10.1. The molecule has 0 aliphatic rings. The molecule has 20 heavy (non-hydrogen) atoms. The van der Waals surface area contributed by atoms with E-state index in [4.69, 9.17) is 16.9 Å². The number of benzene rings is 1. The molecular formula is C13H16N2O4S. The van der Waals surface area contributed by atoms with Crippen molar-refractivity contribution >= 4 is 15.9 Å². The van der Waals surface area contributed by atoms with E-state index in [1.54, 1.807) is 24.3 Å². The lowest BCUT2D eigenvalue weighted by molar-refractivity contribution is -0.120. The van der Waals surface area contributed by atoms with E-state index in [2.05, 4.69) is 5.92 Å². The fourth-order valence-electron chi connectivity index (χ4n) is 1.45. The second-order valence-electron chi connectivity index (χ2n) is 4.19. The zero-order valence-corrected chi connectivity index (χ0v) is 11.8. The molecule has 3 N–H and O–H groups in total. The summed E-state index contributed by atoms with van der Waals surface area (Å²) in [6, 6.07) is 5.93. The van der Waals surface area contributed by atoms with Crippen LogP contribution in [0.25, 0.3) is 0 Å². The van der Waals surface area contributed by atoms with Crippen LogP contribution in [0.4, 0.5) is 0 Å². The van der Waals surface area contributed by atoms with Crippen LogP contribution in [0.1, 0.15) is 5.56 Å². The summed E-state index contributed by atoms with van der Waals surface area (Å²) >= 11 is 0. The van der Waals surface area contributed by atoms with Crippen LogP contribution in [0.5, 0.6) is 5.75 Å². The van der Waals surface area contributed by atoms with Gasteiger partial charge in [0.05, 0.1) is 12.3 Å². The van der Waals surface area contributed by atoms with Gasteiger partial charge in [0.15, 0.2) is 0 Å². The lowest BCUT2D eigenvalue weighted by Gasteiger charge is -2.11. The van der Waals surface area contributed by atoms with Gasteiger partial charge in [0.1, 0.15) is 12.4 Å². The Morgan fingerprint density at radius 1 is 1.45 bits per heavy atom. The molecule has 0 spiro atoms. The third-order valence-electron chi connectivity index (χ3n) is 2.32. The van der Waals surface area contributed by atoms with Crippen LogP contribution in [0, 0.1) is 12.3 Å². The van der Waals surface area contributed by atoms with Gasteiger partial charge in [0.25, 0.3) is 5.91 Å². The number of carbonyl (C=O) groups is 1. The SMILES string of the molecule is C#CCOc1ccc(C[C@H](N)C(=O)NS(C)(=O)=O)cc1. The van der Waals surface area contributed by atoms with Gasteiger partial charge in [-0.1, -0.05) is 18.1 Å². The lowest BCUT2D eigenvalue weighted by Crippen LogP contribution is -2.44. The monoisotopic (exact) mass is 296 g/mol. The maximum absolute atomic E-state index is 11.5. The Kier molecular flexibility index (Phi) is 5.55. The molecule has 6 nitrogen and oxygen atoms in total. The number of ether oxygens (including phenoxy) is 1. The van der Waals surface area contributed by atoms with Crippen molar-refractivity contribution in [1.29, 1.82) is 0 Å². The minimum Gasteiger partial charge on any atom is -0.481 e. The minimum atomic E-state index is -3.60. The van der Waals surface area contributed by atoms with Crippen molar-refractivity contribution in [3.8, 4) is 18.1 Å². The Labute approximate surface area is 118 Å². The number of nitrogens with one attached hydrogen (secondary N) is 1. The summed E-state index contributed by atoms with van der Waals surface area (Å²) < 4.78 is 28.9. The average molecular weight is 296 g/mol. The second-order valence-corrected chi connectivity index (χ2v) is 5.93. The number of sulfonamides is 1. The molecule has 0 aliphatic carbocycles. The molecular weight excluding hydrogens is 280 g/mol. The van der Waals surface area contributed by atoms with Crippen LogP contribution in [0.3, 0.4) is 0 Å². The zero-order chi connectivity index (χ0) is 15.2. The quantitative estimate of drug-likeness (QED) is 0.699. The molecule has 1 atom stereocenters. The molecule has 0 radical (unpaired) electrons. The van der Waals surface area contributed by atoms with Crippen LogP contribution in [0.15, 0.2) is 24.3 Å². The molecule has 1 rings (SSSR count). The van der Waals surface area contributed by atoms with Gasteiger partial charge in [-0.2, -0.15) is 0 Å². The molecule has 0 saturated heterocycles. The summed E-state index contributed by atoms with van der Waals surface area (Å²) in [5, 5.41) is 0. The summed E-state index contributed by atoms with van der Waals surface area (Å²) in [5.74, 6) is 2.22. The molecule has 1 aromatic carbocycles. The van der Waals surface area contributed by atoms with Crippen molar-refractivity contribution in [2.24, 2.45) is 5.73 Å². The van der Waals surface area contributed by atoms with Gasteiger partial charge in [0, 0.05) is 0 Å². The largest absolute Gasteiger partial charge is 0.481 e. The van der Waals surface area contributed by atoms with Crippen molar-refractivity contribution in [1.82, 2.24) is 4.72 Å². The summed E-state index contributed by atoms with van der Waals surface area (Å²) in [4.78, 5) is 11.5. The van der Waals surface area contributed by atoms with Crippen LogP contribution >= 0.6 is 0 Å². The molecule has 108 valence electrons. The molecule has 1 amide bonds. The van der Waals surface area contributed by atoms with Crippen molar-refractivity contribution < 1.29 is 17.9 Å². The van der Waals surface area contributed by atoms with Gasteiger partial charge < -0.3 is 10.5 Å². The van der Waals surface area contributed by atoms with Crippen molar-refractivity contribution in [3.63, 3.8) is 0 Å². The van der Waals surface area contributed by atoms with E-state index < -0.39 is 22.0 Å². The first-order chi connectivity index (χ1) is 9.31. The smallest absolute Gasteiger partial charge is 0.250 e. The Morgan fingerprint density at radius 2 is 2.05 bits per heavy atom. The maximum Gasteiger partial charge on any atom is 0.250 e. The van der Waals surface area contributed by atoms with E-state index in [-0.39, 0.29) is 13.0 Å². The molecule has 0 heterocycles. The van der Waals surface area contributed by atoms with E-state index in [9.17, 15) is 13.2 Å². The highest BCUT2D eigenvalue weighted by molar-refractivity contribution is 7.89. The fraction of sp³-hybridized carbons (Fsp3) is 0.308. The Balaban J connectivity index is 2.60. The van der Waals surface area contributed by atoms with E-state index in [0.29, 0.717) is 5.75 Å². The van der Waals surface area contributed by atoms with E-state index in [0.717, 1.165) is 11.8 Å². The molecule has 0 aromatic heterocycles. The Morgan fingerprint density at radius 3 is 2.55 bits per heavy atom. The Hall–Kier alpha value is -2.04. The normalized spacial score (nSPS) is 12.2. The molecule has 1 aromatic rings. The first-order valence-corrected chi connectivity index (χ1v) is 7.63. The number of carbonyl (C=O) groups excluding carboxylic acids is 1. The first-order valence-electron chi connectivity index (χ1n) is 5.74. The molecule has 7 heteroatoms. The van der Waals surface area contributed by atoms with E-state index in [1.807, 2.05) is 4.72 Å². The van der Waals surface area contributed by atoms with E-state index in [1.165, 1.54) is 0 Å². The predicted octanol–water partition coefficient (Wildman–Crippen LogP) is -0.356. The molecule has 0 unspecified atom stereocenters. The van der Waals surface area contributed by atoms with Gasteiger partial charge in [-0.15, -0.1) is 6.42 Å². The van der Waals surface area contributed by atoms with Gasteiger partial charge in [-0.05, 0) is 24.1 Å². The Bertz CT molecular complexity index is 602. The number of rotatable bonds is 6. The zero-order valence-electron chi connectivity index (χ0n) is 11.0. The molecule has 0 saturated carbocycles. The number of hydrogen-bond acceptors (Lipinski definition) is 5. The molecule has 0 bridgehead atoms. The predicted molar refractivity (Wildman–Crippen MR) is 75.4 cm³/mol. The number of hydrogen-bond donors (Lipinski definition) is 2. The standard InChI is InChI=1S/C13H16N2O4S/c1-3-8-19-11-6-4-10(5-7-11)9-12(14)13(16)15-20(2,17)18/h1,4-7,12H,8-9,14H2,2H3,(H,15,16)/t12-/m0/s1. The maximum atomic E-state index is 11.5. The van der Waals surface area contributed by atoms with Gasteiger partial charge in [-0.3, -0.25) is 9.52 Å². The topological polar surface area (TPSA) is 98.5 Å². The van der Waals surface area contributed by atoms with Crippen LogP contribution in [0.2, 0.25) is 0 Å². The number of terminal acetylenes is 1. The summed E-state index contributed by atoms with van der Waals surface area (Å²) in [5.41, 5.74) is 6.43. The average Bonchev–Trinajstić information content (AvgIpc) is 2.36. The summed E-state index contributed by atoms with van der Waals surface area (Å²) in [6.45, 7) is 0.176. The third-order valence-corrected chi connectivity index (χ3v) is 2.90. The first kappa shape index (κ1) is 16.0.